The van der Waals surface area contributed by atoms with E-state index in [1.165, 1.54) is 13.8 Å². The second-order valence-corrected chi connectivity index (χ2v) is 35.9. The van der Waals surface area contributed by atoms with Crippen LogP contribution in [-0.4, -0.2) is 591 Å². The smallest absolute Gasteiger partial charge is 0.364 e. The van der Waals surface area contributed by atoms with Crippen LogP contribution < -0.4 is 26.6 Å². The first kappa shape index (κ1) is 116. The molecule has 11 saturated heterocycles. The van der Waals surface area contributed by atoms with Crippen molar-refractivity contribution >= 4 is 35.5 Å². The van der Waals surface area contributed by atoms with Gasteiger partial charge in [-0.25, -0.2) is 4.79 Å². The molecule has 0 saturated carbocycles. The van der Waals surface area contributed by atoms with Gasteiger partial charge in [0, 0.05) is 41.0 Å². The monoisotopic (exact) mass is 2060 g/mol. The van der Waals surface area contributed by atoms with Crippen molar-refractivity contribution < 1.29 is 281 Å². The molecule has 11 rings (SSSR count). The summed E-state index contributed by atoms with van der Waals surface area (Å²) in [4.78, 5) is 78.1. The fraction of sp³-hybridized carbons (Fsp3) is 0.924. The fourth-order valence-corrected chi connectivity index (χ4v) is 18.4. The van der Waals surface area contributed by atoms with E-state index in [2.05, 4.69) is 26.6 Å². The fourth-order valence-electron chi connectivity index (χ4n) is 18.4. The maximum absolute atomic E-state index is 13.6. The molecule has 11 aliphatic rings. The third-order valence-corrected chi connectivity index (χ3v) is 25.9. The molecule has 62 nitrogen and oxygen atoms in total. The van der Waals surface area contributed by atoms with Crippen LogP contribution in [0.2, 0.25) is 0 Å². The van der Waals surface area contributed by atoms with Gasteiger partial charge in [-0.1, -0.05) is 0 Å². The zero-order valence-corrected chi connectivity index (χ0v) is 76.3. The van der Waals surface area contributed by atoms with Crippen LogP contribution in [0.25, 0.3) is 0 Å². The summed E-state index contributed by atoms with van der Waals surface area (Å²) >= 11 is 0. The highest BCUT2D eigenvalue weighted by atomic mass is 16.8. The van der Waals surface area contributed by atoms with Crippen molar-refractivity contribution in [2.45, 2.75) is 398 Å². The van der Waals surface area contributed by atoms with Crippen molar-refractivity contribution in [3.05, 3.63) is 0 Å². The van der Waals surface area contributed by atoms with Gasteiger partial charge in [-0.15, -0.1) is 0 Å². The molecule has 11 fully saturated rings. The van der Waals surface area contributed by atoms with Crippen LogP contribution in [0.4, 0.5) is 0 Å². The maximum Gasteiger partial charge on any atom is 0.364 e. The van der Waals surface area contributed by atoms with E-state index in [-0.39, 0.29) is 0 Å². The van der Waals surface area contributed by atoms with Crippen molar-refractivity contribution in [3.63, 3.8) is 0 Å². The van der Waals surface area contributed by atoms with E-state index >= 15 is 0 Å². The van der Waals surface area contributed by atoms with E-state index in [1.54, 1.807) is 0 Å². The molecule has 0 aromatic rings. The minimum Gasteiger partial charge on any atom is -0.477 e. The first-order valence-electron chi connectivity index (χ1n) is 45.0. The number of hydrogen-bond donors (Lipinski definition) is 35. The molecule has 0 spiro atoms. The Morgan fingerprint density at radius 3 is 1.08 bits per heavy atom. The molecule has 0 bridgehead atoms. The number of aliphatic hydroxyl groups is 29. The van der Waals surface area contributed by atoms with Crippen molar-refractivity contribution in [2.24, 2.45) is 0 Å². The van der Waals surface area contributed by atoms with Crippen LogP contribution in [0, 0.1) is 0 Å². The van der Waals surface area contributed by atoms with Crippen molar-refractivity contribution in [2.75, 3.05) is 59.5 Å². The van der Waals surface area contributed by atoms with Gasteiger partial charge in [0.05, 0.1) is 83.8 Å². The van der Waals surface area contributed by atoms with E-state index in [9.17, 15) is 182 Å². The van der Waals surface area contributed by atoms with Gasteiger partial charge in [0.2, 0.25) is 29.5 Å². The van der Waals surface area contributed by atoms with Gasteiger partial charge in [-0.05, 0) is 13.8 Å². The highest BCUT2D eigenvalue weighted by Crippen LogP contribution is 2.44. The quantitative estimate of drug-likeness (QED) is 0.0275. The number of aliphatic hydroxyl groups excluding tert-OH is 29. The number of carboxylic acid groups (broad SMARTS) is 1. The lowest BCUT2D eigenvalue weighted by molar-refractivity contribution is -0.401. The van der Waals surface area contributed by atoms with Gasteiger partial charge in [-0.2, -0.15) is 0 Å². The molecule has 62 heteroatoms. The third kappa shape index (κ3) is 25.6. The molecule has 11 aliphatic heterocycles. The predicted octanol–water partition coefficient (Wildman–Crippen LogP) is -23.0. The van der Waals surface area contributed by atoms with Crippen LogP contribution in [0.15, 0.2) is 0 Å². The molecule has 814 valence electrons. The Morgan fingerprint density at radius 1 is 0.305 bits per heavy atom. The summed E-state index contributed by atoms with van der Waals surface area (Å²) < 4.78 is 125. The summed E-state index contributed by atoms with van der Waals surface area (Å²) in [6.45, 7) is -3.54. The number of nitrogens with one attached hydrogen (secondary N) is 5. The number of amides is 5. The van der Waals surface area contributed by atoms with Gasteiger partial charge in [0.1, 0.15) is 250 Å². The van der Waals surface area contributed by atoms with Gasteiger partial charge in [0.25, 0.3) is 5.79 Å². The zero-order valence-electron chi connectivity index (χ0n) is 76.3. The molecule has 0 unspecified atom stereocenters. The van der Waals surface area contributed by atoms with E-state index in [1.807, 2.05) is 0 Å². The summed E-state index contributed by atoms with van der Waals surface area (Å²) in [5.74, 6) is -10.3. The normalized spacial score (nSPS) is 48.3. The summed E-state index contributed by atoms with van der Waals surface area (Å²) in [6, 6.07) is -9.68. The van der Waals surface area contributed by atoms with Gasteiger partial charge in [0.15, 0.2) is 62.9 Å². The van der Waals surface area contributed by atoms with Crippen LogP contribution in [-0.2, 0) is 128 Å². The summed E-state index contributed by atoms with van der Waals surface area (Å²) in [5.41, 5.74) is 0. The second kappa shape index (κ2) is 50.0. The van der Waals surface area contributed by atoms with Crippen LogP contribution in [0.5, 0.6) is 0 Å². The topological polar surface area (TPSA) is 963 Å². The average Bonchev–Trinajstić information content (AvgIpc) is 0.732. The van der Waals surface area contributed by atoms with E-state index in [4.69, 9.17) is 99.5 Å². The van der Waals surface area contributed by atoms with Gasteiger partial charge in [-0.3, -0.25) is 24.0 Å². The number of hydrogen-bond acceptors (Lipinski definition) is 56. The SMILES string of the molecule is CC(=O)N[C@@H]1[C@@H](O[C@@H]2O[C@H](CO)[C@H](O)[C@H](O[C@]3(C(=O)O)C[C@H](O)[C@@H](NC(C)=O)[C@H]([C@H](O)[C@H](O)CO)O3)[C@H]2O)[C@@H](O)[C@@H](CO[C@@H]2O[C@H](CO)[C@@H](O[C@@H]3O[C@H](CO)[C@H](O)[C@H](O[C@@H]4O[C@H](CO)[C@@H](O[C@@H]5O[C@H](CO)[C@H](O)[C@H](O[C@@H]6O[C@H](CO)[C@@H](O[C@@H]7O[C@@H](C)[C@@H](O)[C@@H](O)[C@@H]7O)[C@H](O[C@@H]7O[C@H](CO)[C@H](O)[C@H](O)[C@H]7O[C@@H]7O[C@@H](C)[C@@H](O)[C@@H](O)[C@@H]7O)[C@H]6NC(C)=O)[C@H]5O)[C@H](O)[C@H]4NC(C)=O)[C@H]3O)[C@H](O)[C@H]2NC(C)=O)O[C@@H]1O. The Balaban J connectivity index is 0.802. The first-order chi connectivity index (χ1) is 66.5. The molecule has 35 N–H and O–H groups in total. The molecule has 0 aliphatic carbocycles. The lowest BCUT2D eigenvalue weighted by atomic mass is 9.88. The minimum atomic E-state index is -3.29. The number of carbonyl (C=O) groups excluding carboxylic acids is 5. The van der Waals surface area contributed by atoms with Crippen molar-refractivity contribution in [1.29, 1.82) is 0 Å². The number of aliphatic carboxylic acids is 1. The highest BCUT2D eigenvalue weighted by molar-refractivity contribution is 5.77. The van der Waals surface area contributed by atoms with Gasteiger partial charge >= 0.3 is 5.97 Å². The Hall–Kier alpha value is -5.18. The number of rotatable bonds is 37. The molecule has 0 aromatic heterocycles. The second-order valence-electron chi connectivity index (χ2n) is 35.9. The van der Waals surface area contributed by atoms with Gasteiger partial charge < -0.3 is 279 Å². The molecule has 141 heavy (non-hydrogen) atoms. The standard InChI is InChI=1S/C79H131N5O57/c1-18-40(100)50(110)53(113)72(122-18)134-60-33(16-92)131-71(39(84-24(7)97)63(60)136-77-67(52(112)43(103)27(10-86)128-77)139-73-54(114)51(111)41(101)19(2)123-73)138-65-45(105)29(12-88)126-75(56(65)116)133-59-32(15-91)130-70(37(49(59)109)82-22(5)95)137-64-44(104)28(11-87)125-74(55(64)115)132-58-31(14-90)129-69(36(48(58)108)81-21(4)94)121-17-34-47(107)61(38(68(118)124-34)83-23(6)96)135-76-57(117)66(46(106)30(13-89)127-76)141-79(78(119)120)8-25(98)35(80-20(3)93)62(140-79)42(102)26(99)9-85/h18-19,25-77,85-92,98-118H,8-17H2,1-7H3,(H,80,93)(H,81,94)(H,82,95)(H,83,96)(H,84,97)(H,119,120)/t18-,19-,25-,26+,27+,28+,29+,30+,31+,32+,33+,34+,35+,36+,37+,38+,39+,40+,41+,42+,43-,44-,45-,46-,47-,48+,49+,50+,51+,52-,53-,54-,55+,56+,57+,58+,59+,60+,61+,62+,63+,64-,65-,66-,67+,68-,69+,70-,71-,72-,73-,74-,75-,76-,77-,79-/m0/s1. The van der Waals surface area contributed by atoms with Crippen molar-refractivity contribution in [1.82, 2.24) is 26.6 Å². The van der Waals surface area contributed by atoms with Crippen LogP contribution in [0.3, 0.4) is 0 Å². The van der Waals surface area contributed by atoms with E-state index in [0.29, 0.717) is 0 Å². The van der Waals surface area contributed by atoms with Crippen LogP contribution >= 0.6 is 0 Å². The average molecular weight is 2060 g/mol. The molecular weight excluding hydrogens is 1930 g/mol. The Kier molecular flexibility index (Phi) is 41.1. The molecular formula is C79H131N5O57. The maximum atomic E-state index is 13.6. The molecule has 0 aromatic carbocycles. The Labute approximate surface area is 798 Å². The minimum absolute atomic E-state index is 0.873. The largest absolute Gasteiger partial charge is 0.477 e. The predicted molar refractivity (Wildman–Crippen MR) is 435 cm³/mol. The Bertz CT molecular complexity index is 3990. The molecule has 56 atom stereocenters. The Morgan fingerprint density at radius 2 is 0.638 bits per heavy atom. The van der Waals surface area contributed by atoms with Crippen molar-refractivity contribution in [3.8, 4) is 0 Å². The molecule has 0 radical (unpaired) electrons. The van der Waals surface area contributed by atoms with E-state index < -0.39 is 444 Å². The third-order valence-electron chi connectivity index (χ3n) is 25.9. The number of carbonyl (C=O) groups is 6. The van der Waals surface area contributed by atoms with E-state index in [0.717, 1.165) is 34.6 Å². The zero-order chi connectivity index (χ0) is 104. The number of carboxylic acids is 1. The summed E-state index contributed by atoms with van der Waals surface area (Å²) in [6.07, 6.45) is -107. The first-order valence-corrected chi connectivity index (χ1v) is 45.0. The highest BCUT2D eigenvalue weighted by Gasteiger charge is 2.65. The lowest BCUT2D eigenvalue weighted by Gasteiger charge is -2.52. The number of ether oxygens (including phenoxy) is 21. The summed E-state index contributed by atoms with van der Waals surface area (Å²) in [7, 11) is 0. The lowest BCUT2D eigenvalue weighted by Crippen LogP contribution is -2.72. The molecule has 11 heterocycles. The molecule has 5 amide bonds. The van der Waals surface area contributed by atoms with Crippen LogP contribution in [0.1, 0.15) is 54.9 Å². The summed E-state index contributed by atoms with van der Waals surface area (Å²) in [5, 5.41) is 349.